The largest absolute Gasteiger partial charge is 0.387 e. The van der Waals surface area contributed by atoms with Gasteiger partial charge in [0.15, 0.2) is 0 Å². The highest BCUT2D eigenvalue weighted by atomic mass is 32.1. The van der Waals surface area contributed by atoms with Crippen LogP contribution in [0.15, 0.2) is 41.1 Å². The number of amides is 1. The van der Waals surface area contributed by atoms with Crippen LogP contribution < -0.4 is 5.32 Å². The average Bonchev–Trinajstić information content (AvgIpc) is 3.14. The van der Waals surface area contributed by atoms with Crippen molar-refractivity contribution in [1.82, 2.24) is 10.3 Å². The van der Waals surface area contributed by atoms with Crippen LogP contribution in [0.2, 0.25) is 0 Å². The Labute approximate surface area is 132 Å². The van der Waals surface area contributed by atoms with Gasteiger partial charge in [0.05, 0.1) is 12.5 Å². The fraction of sp³-hybridized carbons (Fsp3) is 0.235. The average molecular weight is 314 g/mol. The third kappa shape index (κ3) is 3.05. The Morgan fingerprint density at radius 1 is 1.36 bits per heavy atom. The van der Waals surface area contributed by atoms with Gasteiger partial charge in [-0.05, 0) is 40.9 Å². The van der Waals surface area contributed by atoms with Crippen molar-refractivity contribution < 1.29 is 9.90 Å². The summed E-state index contributed by atoms with van der Waals surface area (Å²) in [6.45, 7) is 2.21. The number of para-hydroxylation sites is 1. The van der Waals surface area contributed by atoms with E-state index in [0.717, 1.165) is 27.7 Å². The van der Waals surface area contributed by atoms with Gasteiger partial charge >= 0.3 is 0 Å². The first-order valence-electron chi connectivity index (χ1n) is 7.18. The first kappa shape index (κ1) is 14.8. The number of carbonyl (C=O) groups is 1. The molecule has 1 aromatic carbocycles. The van der Waals surface area contributed by atoms with Gasteiger partial charge in [-0.2, -0.15) is 11.3 Å². The van der Waals surface area contributed by atoms with E-state index >= 15 is 0 Å². The molecule has 5 heteroatoms. The summed E-state index contributed by atoms with van der Waals surface area (Å²) >= 11 is 1.53. The number of nitrogens with one attached hydrogen (secondary N) is 2. The monoisotopic (exact) mass is 314 g/mol. The van der Waals surface area contributed by atoms with Gasteiger partial charge in [-0.3, -0.25) is 4.79 Å². The van der Waals surface area contributed by atoms with Crippen molar-refractivity contribution in [3.05, 3.63) is 57.9 Å². The lowest BCUT2D eigenvalue weighted by atomic mass is 10.1. The topological polar surface area (TPSA) is 65.1 Å². The number of aliphatic hydroxyl groups is 1. The highest BCUT2D eigenvalue weighted by Crippen LogP contribution is 2.22. The maximum Gasteiger partial charge on any atom is 0.224 e. The molecule has 0 aliphatic carbocycles. The standard InChI is InChI=1S/C17H18N2O2S/c1-11-14(13-4-2-3-5-15(13)19-11)8-17(21)18-9-16(20)12-6-7-22-10-12/h2-7,10,16,19-20H,8-9H2,1H3,(H,18,21). The Bertz CT molecular complexity index is 777. The van der Waals surface area contributed by atoms with E-state index in [1.165, 1.54) is 11.3 Å². The van der Waals surface area contributed by atoms with Crippen LogP contribution in [-0.2, 0) is 11.2 Å². The quantitative estimate of drug-likeness (QED) is 0.678. The summed E-state index contributed by atoms with van der Waals surface area (Å²) in [7, 11) is 0. The molecular formula is C17H18N2O2S. The zero-order valence-corrected chi connectivity index (χ0v) is 13.1. The highest BCUT2D eigenvalue weighted by molar-refractivity contribution is 7.07. The van der Waals surface area contributed by atoms with Crippen molar-refractivity contribution >= 4 is 28.1 Å². The number of aromatic nitrogens is 1. The number of thiophene rings is 1. The van der Waals surface area contributed by atoms with Gasteiger partial charge in [-0.1, -0.05) is 18.2 Å². The van der Waals surface area contributed by atoms with Crippen LogP contribution in [0.5, 0.6) is 0 Å². The van der Waals surface area contributed by atoms with E-state index in [0.29, 0.717) is 6.42 Å². The van der Waals surface area contributed by atoms with Gasteiger partial charge in [0.25, 0.3) is 0 Å². The van der Waals surface area contributed by atoms with Gasteiger partial charge < -0.3 is 15.4 Å². The lowest BCUT2D eigenvalue weighted by Crippen LogP contribution is -2.29. The fourth-order valence-corrected chi connectivity index (χ4v) is 3.29. The van der Waals surface area contributed by atoms with E-state index in [1.54, 1.807) is 0 Å². The Kier molecular flexibility index (Phi) is 4.27. The second-order valence-corrected chi connectivity index (χ2v) is 6.11. The van der Waals surface area contributed by atoms with Gasteiger partial charge in [-0.15, -0.1) is 0 Å². The number of fused-ring (bicyclic) bond motifs is 1. The van der Waals surface area contributed by atoms with E-state index in [4.69, 9.17) is 0 Å². The summed E-state index contributed by atoms with van der Waals surface area (Å²) < 4.78 is 0. The van der Waals surface area contributed by atoms with E-state index in [9.17, 15) is 9.90 Å². The van der Waals surface area contributed by atoms with Crippen LogP contribution in [0.4, 0.5) is 0 Å². The molecule has 0 spiro atoms. The normalized spacial score (nSPS) is 12.5. The molecule has 1 amide bonds. The molecule has 3 rings (SSSR count). The Balaban J connectivity index is 1.65. The van der Waals surface area contributed by atoms with E-state index in [1.807, 2.05) is 48.0 Å². The zero-order chi connectivity index (χ0) is 15.5. The summed E-state index contributed by atoms with van der Waals surface area (Å²) in [5.74, 6) is -0.0814. The van der Waals surface area contributed by atoms with Gasteiger partial charge in [0.2, 0.25) is 5.91 Å². The molecule has 0 saturated heterocycles. The van der Waals surface area contributed by atoms with E-state index in [-0.39, 0.29) is 12.5 Å². The van der Waals surface area contributed by atoms with Crippen LogP contribution in [0.25, 0.3) is 10.9 Å². The number of benzene rings is 1. The molecule has 3 N–H and O–H groups in total. The number of hydrogen-bond donors (Lipinski definition) is 3. The second kappa shape index (κ2) is 6.34. The molecule has 0 aliphatic heterocycles. The molecule has 0 saturated carbocycles. The Morgan fingerprint density at radius 3 is 2.95 bits per heavy atom. The molecule has 4 nitrogen and oxygen atoms in total. The number of rotatable bonds is 5. The predicted octanol–water partition coefficient (Wildman–Crippen LogP) is 2.93. The third-order valence-corrected chi connectivity index (χ3v) is 4.49. The number of H-pyrrole nitrogens is 1. The molecule has 2 aromatic heterocycles. The number of aromatic amines is 1. The van der Waals surface area contributed by atoms with Gasteiger partial charge in [0.1, 0.15) is 0 Å². The summed E-state index contributed by atoms with van der Waals surface area (Å²) in [5.41, 5.74) is 3.91. The van der Waals surface area contributed by atoms with E-state index < -0.39 is 6.10 Å². The van der Waals surface area contributed by atoms with Crippen LogP contribution in [0.1, 0.15) is 22.9 Å². The van der Waals surface area contributed by atoms with Gasteiger partial charge in [0, 0.05) is 23.1 Å². The molecule has 1 unspecified atom stereocenters. The molecule has 22 heavy (non-hydrogen) atoms. The zero-order valence-electron chi connectivity index (χ0n) is 12.3. The van der Waals surface area contributed by atoms with E-state index in [2.05, 4.69) is 10.3 Å². The fourth-order valence-electron chi connectivity index (χ4n) is 2.58. The van der Waals surface area contributed by atoms with Crippen LogP contribution in [0.3, 0.4) is 0 Å². The molecule has 0 aliphatic rings. The number of aryl methyl sites for hydroxylation is 1. The summed E-state index contributed by atoms with van der Waals surface area (Å²) in [4.78, 5) is 15.4. The van der Waals surface area contributed by atoms with Crippen molar-refractivity contribution in [1.29, 1.82) is 0 Å². The van der Waals surface area contributed by atoms with Crippen molar-refractivity contribution in [3.63, 3.8) is 0 Å². The summed E-state index contributed by atoms with van der Waals surface area (Å²) in [6.07, 6.45) is -0.342. The van der Waals surface area contributed by atoms with Crippen molar-refractivity contribution in [2.75, 3.05) is 6.54 Å². The Morgan fingerprint density at radius 2 is 2.18 bits per heavy atom. The van der Waals surface area contributed by atoms with Crippen LogP contribution >= 0.6 is 11.3 Å². The van der Waals surface area contributed by atoms with Crippen molar-refractivity contribution in [2.45, 2.75) is 19.4 Å². The van der Waals surface area contributed by atoms with Gasteiger partial charge in [-0.25, -0.2) is 0 Å². The molecule has 3 aromatic rings. The first-order chi connectivity index (χ1) is 10.6. The SMILES string of the molecule is Cc1[nH]c2ccccc2c1CC(=O)NCC(O)c1ccsc1. The molecule has 1 atom stereocenters. The minimum absolute atomic E-state index is 0.0814. The van der Waals surface area contributed by atoms with Crippen molar-refractivity contribution in [2.24, 2.45) is 0 Å². The number of carbonyl (C=O) groups excluding carboxylic acids is 1. The lowest BCUT2D eigenvalue weighted by Gasteiger charge is -2.10. The predicted molar refractivity (Wildman–Crippen MR) is 89.0 cm³/mol. The molecule has 0 bridgehead atoms. The maximum absolute atomic E-state index is 12.1. The first-order valence-corrected chi connectivity index (χ1v) is 8.12. The van der Waals surface area contributed by atoms with Crippen LogP contribution in [-0.4, -0.2) is 22.5 Å². The lowest BCUT2D eigenvalue weighted by molar-refractivity contribution is -0.120. The third-order valence-electron chi connectivity index (χ3n) is 3.78. The number of hydrogen-bond acceptors (Lipinski definition) is 3. The van der Waals surface area contributed by atoms with Crippen molar-refractivity contribution in [3.8, 4) is 0 Å². The summed E-state index contributed by atoms with van der Waals surface area (Å²) in [5, 5.41) is 17.7. The number of aliphatic hydroxyl groups excluding tert-OH is 1. The summed E-state index contributed by atoms with van der Waals surface area (Å²) in [6, 6.07) is 9.83. The molecular weight excluding hydrogens is 296 g/mol. The maximum atomic E-state index is 12.1. The molecule has 0 radical (unpaired) electrons. The van der Waals surface area contributed by atoms with Crippen LogP contribution in [0, 0.1) is 6.92 Å². The highest BCUT2D eigenvalue weighted by Gasteiger charge is 2.14. The second-order valence-electron chi connectivity index (χ2n) is 5.33. The smallest absolute Gasteiger partial charge is 0.224 e. The minimum Gasteiger partial charge on any atom is -0.387 e. The molecule has 0 fully saturated rings. The molecule has 114 valence electrons. The minimum atomic E-state index is -0.653. The Hall–Kier alpha value is -2.11. The molecule has 2 heterocycles.